The minimum absolute atomic E-state index is 0.853. The first-order valence-corrected chi connectivity index (χ1v) is 12.5. The monoisotopic (exact) mass is 476 g/mol. The predicted molar refractivity (Wildman–Crippen MR) is 152 cm³/mol. The minimum atomic E-state index is 0.853. The van der Waals surface area contributed by atoms with Gasteiger partial charge in [-0.25, -0.2) is 4.98 Å². The number of imidazole rings is 1. The van der Waals surface area contributed by atoms with E-state index in [2.05, 4.69) is 109 Å². The van der Waals surface area contributed by atoms with Gasteiger partial charge in [-0.05, 0) is 53.9 Å². The number of hydrogen-bond donors (Lipinski definition) is 0. The molecule has 0 radical (unpaired) electrons. The van der Waals surface area contributed by atoms with Gasteiger partial charge in [0.25, 0.3) is 0 Å². The number of nitrogens with zero attached hydrogens (tertiary/aromatic N) is 2. The summed E-state index contributed by atoms with van der Waals surface area (Å²) in [6, 6.07) is 42.3. The zero-order valence-corrected chi connectivity index (χ0v) is 20.4. The fourth-order valence-electron chi connectivity index (χ4n) is 5.28. The van der Waals surface area contributed by atoms with Crippen LogP contribution >= 0.6 is 0 Å². The van der Waals surface area contributed by atoms with Crippen molar-refractivity contribution in [3.05, 3.63) is 133 Å². The maximum absolute atomic E-state index is 5.99. The van der Waals surface area contributed by atoms with E-state index < -0.39 is 0 Å². The molecule has 3 nitrogen and oxygen atoms in total. The fraction of sp³-hybridized carbons (Fsp3) is 0.0294. The molecule has 0 fully saturated rings. The van der Waals surface area contributed by atoms with Crippen LogP contribution in [-0.2, 0) is 0 Å². The normalized spacial score (nSPS) is 11.4. The van der Waals surface area contributed by atoms with Crippen molar-refractivity contribution in [1.82, 2.24) is 9.55 Å². The summed E-state index contributed by atoms with van der Waals surface area (Å²) in [4.78, 5) is 5.18. The summed E-state index contributed by atoms with van der Waals surface area (Å²) in [5.41, 5.74) is 10.8. The molecule has 2 heterocycles. The van der Waals surface area contributed by atoms with Gasteiger partial charge in [0.05, 0.1) is 22.3 Å². The van der Waals surface area contributed by atoms with E-state index >= 15 is 0 Å². The number of fused-ring (bicyclic) bond motifs is 2. The van der Waals surface area contributed by atoms with Gasteiger partial charge >= 0.3 is 0 Å². The maximum Gasteiger partial charge on any atom is 0.149 e. The fourth-order valence-corrected chi connectivity index (χ4v) is 5.28. The number of furan rings is 1. The highest BCUT2D eigenvalue weighted by Crippen LogP contribution is 2.42. The Morgan fingerprint density at radius 2 is 1.22 bits per heavy atom. The Kier molecular flexibility index (Phi) is 5.00. The van der Waals surface area contributed by atoms with E-state index in [9.17, 15) is 0 Å². The molecule has 0 aliphatic rings. The number of benzene rings is 5. The van der Waals surface area contributed by atoms with Gasteiger partial charge in [-0.15, -0.1) is 0 Å². The number of aryl methyl sites for hydroxylation is 1. The van der Waals surface area contributed by atoms with Crippen molar-refractivity contribution in [1.29, 1.82) is 0 Å². The van der Waals surface area contributed by atoms with Gasteiger partial charge in [0, 0.05) is 16.5 Å². The Morgan fingerprint density at radius 1 is 0.622 bits per heavy atom. The molecular formula is C34H24N2O. The number of para-hydroxylation sites is 3. The third kappa shape index (κ3) is 3.56. The average molecular weight is 477 g/mol. The molecule has 0 aliphatic heterocycles. The molecule has 0 unspecified atom stereocenters. The summed E-state index contributed by atoms with van der Waals surface area (Å²) in [6.45, 7) is 2.17. The topological polar surface area (TPSA) is 31.0 Å². The molecule has 7 aromatic rings. The van der Waals surface area contributed by atoms with Gasteiger partial charge in [0.2, 0.25) is 0 Å². The van der Waals surface area contributed by atoms with Crippen molar-refractivity contribution >= 4 is 22.0 Å². The molecule has 3 heteroatoms. The predicted octanol–water partition coefficient (Wildman–Crippen LogP) is 9.08. The van der Waals surface area contributed by atoms with Crippen LogP contribution < -0.4 is 0 Å². The molecule has 0 saturated carbocycles. The van der Waals surface area contributed by atoms with Crippen LogP contribution in [0.25, 0.3) is 61.3 Å². The van der Waals surface area contributed by atoms with Gasteiger partial charge in [0.1, 0.15) is 17.7 Å². The lowest BCUT2D eigenvalue weighted by Crippen LogP contribution is -2.03. The second-order valence-corrected chi connectivity index (χ2v) is 9.35. The van der Waals surface area contributed by atoms with Gasteiger partial charge < -0.3 is 4.42 Å². The number of hydrogen-bond acceptors (Lipinski definition) is 2. The molecule has 7 rings (SSSR count). The van der Waals surface area contributed by atoms with Crippen LogP contribution in [0.15, 0.2) is 132 Å². The highest BCUT2D eigenvalue weighted by molar-refractivity contribution is 5.98. The number of rotatable bonds is 4. The van der Waals surface area contributed by atoms with Gasteiger partial charge in [-0.3, -0.25) is 4.57 Å². The van der Waals surface area contributed by atoms with E-state index in [0.29, 0.717) is 0 Å². The molecule has 0 aliphatic carbocycles. The van der Waals surface area contributed by atoms with E-state index in [1.165, 1.54) is 16.7 Å². The third-order valence-corrected chi connectivity index (χ3v) is 6.93. The summed E-state index contributed by atoms with van der Waals surface area (Å²) in [7, 11) is 0. The Morgan fingerprint density at radius 3 is 1.92 bits per heavy atom. The zero-order valence-electron chi connectivity index (χ0n) is 20.4. The van der Waals surface area contributed by atoms with Gasteiger partial charge in [0.15, 0.2) is 0 Å². The molecule has 0 bridgehead atoms. The van der Waals surface area contributed by atoms with Crippen molar-refractivity contribution in [3.63, 3.8) is 0 Å². The van der Waals surface area contributed by atoms with E-state index in [-0.39, 0.29) is 0 Å². The third-order valence-electron chi connectivity index (χ3n) is 6.93. The maximum atomic E-state index is 5.99. The van der Waals surface area contributed by atoms with Crippen molar-refractivity contribution in [2.75, 3.05) is 0 Å². The second kappa shape index (κ2) is 8.65. The van der Waals surface area contributed by atoms with E-state index in [4.69, 9.17) is 9.40 Å². The zero-order chi connectivity index (χ0) is 24.8. The molecule has 5 aromatic carbocycles. The Balaban J connectivity index is 1.65. The highest BCUT2D eigenvalue weighted by atomic mass is 16.3. The molecule has 0 saturated heterocycles. The van der Waals surface area contributed by atoms with Crippen LogP contribution in [0.4, 0.5) is 0 Å². The lowest BCUT2D eigenvalue weighted by atomic mass is 9.93. The van der Waals surface area contributed by atoms with Crippen molar-refractivity contribution in [2.24, 2.45) is 0 Å². The smallest absolute Gasteiger partial charge is 0.149 e. The lowest BCUT2D eigenvalue weighted by Gasteiger charge is -2.20. The first-order valence-electron chi connectivity index (χ1n) is 12.5. The Bertz CT molecular complexity index is 1820. The van der Waals surface area contributed by atoms with Crippen LogP contribution in [0.5, 0.6) is 0 Å². The van der Waals surface area contributed by atoms with E-state index in [0.717, 1.165) is 50.2 Å². The average Bonchev–Trinajstić information content (AvgIpc) is 3.55. The summed E-state index contributed by atoms with van der Waals surface area (Å²) in [5, 5.41) is 1.05. The summed E-state index contributed by atoms with van der Waals surface area (Å²) in [5.74, 6) is 0.865. The highest BCUT2D eigenvalue weighted by Gasteiger charge is 2.23. The first kappa shape index (κ1) is 21.4. The van der Waals surface area contributed by atoms with Crippen molar-refractivity contribution in [3.8, 4) is 39.3 Å². The van der Waals surface area contributed by atoms with Crippen LogP contribution in [0, 0.1) is 6.92 Å². The molecule has 176 valence electrons. The Labute approximate surface area is 215 Å². The van der Waals surface area contributed by atoms with Gasteiger partial charge in [-0.1, -0.05) is 91.0 Å². The van der Waals surface area contributed by atoms with Crippen LogP contribution in [0.3, 0.4) is 0 Å². The SMILES string of the molecule is Cc1cc(-c2ccccc2)c(-n2c(-c3coc4ccccc34)nc3ccccc32)c(-c2ccccc2)c1. The summed E-state index contributed by atoms with van der Waals surface area (Å²) in [6.07, 6.45) is 1.83. The lowest BCUT2D eigenvalue weighted by molar-refractivity contribution is 0.616. The largest absolute Gasteiger partial charge is 0.464 e. The number of aromatic nitrogens is 2. The van der Waals surface area contributed by atoms with Crippen LogP contribution in [0.2, 0.25) is 0 Å². The molecule has 0 spiro atoms. The summed E-state index contributed by atoms with van der Waals surface area (Å²) < 4.78 is 8.30. The molecule has 2 aromatic heterocycles. The molecule has 37 heavy (non-hydrogen) atoms. The van der Waals surface area contributed by atoms with Crippen molar-refractivity contribution in [2.45, 2.75) is 6.92 Å². The van der Waals surface area contributed by atoms with E-state index in [1.54, 1.807) is 0 Å². The van der Waals surface area contributed by atoms with E-state index in [1.807, 2.05) is 30.5 Å². The van der Waals surface area contributed by atoms with Crippen LogP contribution in [-0.4, -0.2) is 9.55 Å². The molecular weight excluding hydrogens is 452 g/mol. The summed E-state index contributed by atoms with van der Waals surface area (Å²) >= 11 is 0. The quantitative estimate of drug-likeness (QED) is 0.254. The minimum Gasteiger partial charge on any atom is -0.464 e. The second-order valence-electron chi connectivity index (χ2n) is 9.35. The van der Waals surface area contributed by atoms with Gasteiger partial charge in [-0.2, -0.15) is 0 Å². The molecule has 0 atom stereocenters. The molecule has 0 N–H and O–H groups in total. The van der Waals surface area contributed by atoms with Crippen LogP contribution in [0.1, 0.15) is 5.56 Å². The standard InChI is InChI=1S/C34H24N2O/c1-23-20-27(24-12-4-2-5-13-24)33(28(21-23)25-14-6-3-7-15-25)36-31-18-10-9-17-30(31)35-34(36)29-22-37-32-19-11-8-16-26(29)32/h2-22H,1H3. The first-order chi connectivity index (χ1) is 18.3. The van der Waals surface area contributed by atoms with Crippen molar-refractivity contribution < 1.29 is 4.42 Å². The Hall–Kier alpha value is -4.89. The molecule has 0 amide bonds.